The standard InChI is InChI=1S/C22H35N3O3.2ClH/c1-5-27-19-12-22(23,21(19,3)4)20(26)24-13-17-7-6-8-18(11-17)15-25-9-10-28-16(2)14-25;;/h6-8,11,16,19H,5,9-10,12-15,23H2,1-4H3,(H,24,26);2*1H. The van der Waals surface area contributed by atoms with Crippen molar-refractivity contribution in [2.24, 2.45) is 11.1 Å². The zero-order valence-electron chi connectivity index (χ0n) is 18.5. The van der Waals surface area contributed by atoms with Gasteiger partial charge in [-0.3, -0.25) is 9.69 Å². The van der Waals surface area contributed by atoms with Crippen molar-refractivity contribution in [1.82, 2.24) is 10.2 Å². The monoisotopic (exact) mass is 461 g/mol. The van der Waals surface area contributed by atoms with Gasteiger partial charge in [-0.25, -0.2) is 0 Å². The third-order valence-electron chi connectivity index (χ3n) is 6.41. The molecular formula is C22H37Cl2N3O3. The number of nitrogens with zero attached hydrogens (tertiary/aromatic N) is 1. The van der Waals surface area contributed by atoms with Crippen LogP contribution in [0.3, 0.4) is 0 Å². The number of benzene rings is 1. The van der Waals surface area contributed by atoms with E-state index in [0.717, 1.165) is 31.8 Å². The van der Waals surface area contributed by atoms with Crippen LogP contribution in [0.5, 0.6) is 0 Å². The van der Waals surface area contributed by atoms with E-state index in [-0.39, 0.29) is 48.3 Å². The lowest BCUT2D eigenvalue weighted by atomic mass is 9.54. The van der Waals surface area contributed by atoms with Crippen molar-refractivity contribution in [2.45, 2.75) is 65.0 Å². The molecule has 2 aliphatic rings. The number of morpholine rings is 1. The van der Waals surface area contributed by atoms with Crippen LogP contribution in [0, 0.1) is 5.41 Å². The van der Waals surface area contributed by atoms with E-state index in [4.69, 9.17) is 15.2 Å². The number of carbonyl (C=O) groups is 1. The molecule has 30 heavy (non-hydrogen) atoms. The summed E-state index contributed by atoms with van der Waals surface area (Å²) in [4.78, 5) is 15.2. The number of hydrogen-bond donors (Lipinski definition) is 2. The Labute approximate surface area is 193 Å². The second kappa shape index (κ2) is 11.1. The average molecular weight is 462 g/mol. The summed E-state index contributed by atoms with van der Waals surface area (Å²) in [6.07, 6.45) is 0.880. The SMILES string of the molecule is CCOC1CC(N)(C(=O)NCc2cccc(CN3CCOC(C)C3)c2)C1(C)C.Cl.Cl. The summed E-state index contributed by atoms with van der Waals surface area (Å²) in [5.74, 6) is -0.0964. The summed E-state index contributed by atoms with van der Waals surface area (Å²) in [6, 6.07) is 8.40. The van der Waals surface area contributed by atoms with E-state index in [9.17, 15) is 4.79 Å². The van der Waals surface area contributed by atoms with E-state index in [1.807, 2.05) is 26.8 Å². The van der Waals surface area contributed by atoms with Crippen LogP contribution in [0.15, 0.2) is 24.3 Å². The molecule has 1 heterocycles. The number of rotatable bonds is 7. The molecule has 3 atom stereocenters. The Bertz CT molecular complexity index is 704. The van der Waals surface area contributed by atoms with Crippen molar-refractivity contribution < 1.29 is 14.3 Å². The maximum atomic E-state index is 12.8. The van der Waals surface area contributed by atoms with Crippen molar-refractivity contribution >= 4 is 30.7 Å². The van der Waals surface area contributed by atoms with Gasteiger partial charge in [0, 0.05) is 44.6 Å². The van der Waals surface area contributed by atoms with E-state index >= 15 is 0 Å². The minimum atomic E-state index is -0.881. The summed E-state index contributed by atoms with van der Waals surface area (Å²) < 4.78 is 11.3. The average Bonchev–Trinajstić information content (AvgIpc) is 2.66. The number of nitrogens with two attached hydrogens (primary N) is 1. The molecule has 3 unspecified atom stereocenters. The molecule has 0 spiro atoms. The Morgan fingerprint density at radius 3 is 2.67 bits per heavy atom. The molecule has 1 aliphatic carbocycles. The third-order valence-corrected chi connectivity index (χ3v) is 6.41. The Kier molecular flexibility index (Phi) is 10.1. The zero-order valence-corrected chi connectivity index (χ0v) is 20.1. The van der Waals surface area contributed by atoms with Crippen LogP contribution < -0.4 is 11.1 Å². The van der Waals surface area contributed by atoms with Gasteiger partial charge in [0.05, 0.1) is 18.8 Å². The molecule has 172 valence electrons. The molecule has 0 radical (unpaired) electrons. The van der Waals surface area contributed by atoms with Crippen LogP contribution in [0.4, 0.5) is 0 Å². The van der Waals surface area contributed by atoms with Gasteiger partial charge in [0.15, 0.2) is 0 Å². The lowest BCUT2D eigenvalue weighted by Gasteiger charge is -2.57. The van der Waals surface area contributed by atoms with Gasteiger partial charge in [0.25, 0.3) is 0 Å². The van der Waals surface area contributed by atoms with Crippen LogP contribution in [-0.2, 0) is 27.4 Å². The predicted octanol–water partition coefficient (Wildman–Crippen LogP) is 2.90. The first-order valence-electron chi connectivity index (χ1n) is 10.4. The number of hydrogen-bond acceptors (Lipinski definition) is 5. The highest BCUT2D eigenvalue weighted by Crippen LogP contribution is 2.49. The van der Waals surface area contributed by atoms with Crippen molar-refractivity contribution in [2.75, 3.05) is 26.3 Å². The summed E-state index contributed by atoms with van der Waals surface area (Å²) >= 11 is 0. The Morgan fingerprint density at radius 1 is 1.33 bits per heavy atom. The maximum absolute atomic E-state index is 12.8. The highest BCUT2D eigenvalue weighted by Gasteiger charge is 2.62. The zero-order chi connectivity index (χ0) is 20.4. The number of ether oxygens (including phenoxy) is 2. The van der Waals surface area contributed by atoms with Crippen LogP contribution in [-0.4, -0.2) is 54.9 Å². The molecule has 1 amide bonds. The lowest BCUT2D eigenvalue weighted by Crippen LogP contribution is -2.75. The van der Waals surface area contributed by atoms with Crippen molar-refractivity contribution in [1.29, 1.82) is 0 Å². The lowest BCUT2D eigenvalue weighted by molar-refractivity contribution is -0.170. The molecule has 2 fully saturated rings. The van der Waals surface area contributed by atoms with Crippen molar-refractivity contribution in [3.8, 4) is 0 Å². The smallest absolute Gasteiger partial charge is 0.241 e. The van der Waals surface area contributed by atoms with Crippen LogP contribution >= 0.6 is 24.8 Å². The third kappa shape index (κ3) is 5.67. The summed E-state index contributed by atoms with van der Waals surface area (Å²) in [7, 11) is 0. The van der Waals surface area contributed by atoms with Gasteiger partial charge >= 0.3 is 0 Å². The van der Waals surface area contributed by atoms with Gasteiger partial charge < -0.3 is 20.5 Å². The molecule has 1 saturated carbocycles. The number of halogens is 2. The first kappa shape index (κ1) is 27.1. The van der Waals surface area contributed by atoms with E-state index in [1.165, 1.54) is 5.56 Å². The number of amides is 1. The molecule has 1 aromatic rings. The maximum Gasteiger partial charge on any atom is 0.241 e. The molecule has 1 aromatic carbocycles. The Balaban J connectivity index is 0.00000225. The highest BCUT2D eigenvalue weighted by molar-refractivity contribution is 5.88. The minimum absolute atomic E-state index is 0. The van der Waals surface area contributed by atoms with Gasteiger partial charge in [-0.15, -0.1) is 24.8 Å². The van der Waals surface area contributed by atoms with E-state index in [1.54, 1.807) is 0 Å². The molecular weight excluding hydrogens is 425 g/mol. The fourth-order valence-electron chi connectivity index (χ4n) is 4.29. The molecule has 0 bridgehead atoms. The van der Waals surface area contributed by atoms with E-state index in [2.05, 4.69) is 35.3 Å². The molecule has 6 nitrogen and oxygen atoms in total. The first-order chi connectivity index (χ1) is 13.3. The van der Waals surface area contributed by atoms with E-state index < -0.39 is 5.54 Å². The van der Waals surface area contributed by atoms with Gasteiger partial charge in [-0.2, -0.15) is 0 Å². The fraction of sp³-hybridized carbons (Fsp3) is 0.682. The largest absolute Gasteiger partial charge is 0.378 e. The van der Waals surface area contributed by atoms with Crippen LogP contribution in [0.1, 0.15) is 45.2 Å². The van der Waals surface area contributed by atoms with Crippen LogP contribution in [0.2, 0.25) is 0 Å². The number of carbonyl (C=O) groups excluding carboxylic acids is 1. The summed E-state index contributed by atoms with van der Waals surface area (Å²) in [6.45, 7) is 12.8. The topological polar surface area (TPSA) is 76.8 Å². The predicted molar refractivity (Wildman–Crippen MR) is 124 cm³/mol. The molecule has 1 saturated heterocycles. The normalized spacial score (nSPS) is 27.9. The van der Waals surface area contributed by atoms with Crippen molar-refractivity contribution in [3.05, 3.63) is 35.4 Å². The summed E-state index contributed by atoms with van der Waals surface area (Å²) in [5, 5.41) is 3.04. The molecule has 1 aliphatic heterocycles. The quantitative estimate of drug-likeness (QED) is 0.652. The molecule has 3 rings (SSSR count). The van der Waals surface area contributed by atoms with Crippen LogP contribution in [0.25, 0.3) is 0 Å². The van der Waals surface area contributed by atoms with Gasteiger partial charge in [0.1, 0.15) is 5.54 Å². The Hall–Kier alpha value is -0.890. The van der Waals surface area contributed by atoms with Gasteiger partial charge in [0.2, 0.25) is 5.91 Å². The Morgan fingerprint density at radius 2 is 2.03 bits per heavy atom. The van der Waals surface area contributed by atoms with Gasteiger partial charge in [-0.05, 0) is 25.0 Å². The summed E-state index contributed by atoms with van der Waals surface area (Å²) in [5.41, 5.74) is 7.56. The molecule has 3 N–H and O–H groups in total. The molecule has 0 aromatic heterocycles. The molecule has 8 heteroatoms. The second-order valence-corrected chi connectivity index (χ2v) is 8.76. The highest BCUT2D eigenvalue weighted by atomic mass is 35.5. The second-order valence-electron chi connectivity index (χ2n) is 8.76. The minimum Gasteiger partial charge on any atom is -0.378 e. The number of nitrogens with one attached hydrogen (secondary N) is 1. The van der Waals surface area contributed by atoms with Crippen molar-refractivity contribution in [3.63, 3.8) is 0 Å². The first-order valence-corrected chi connectivity index (χ1v) is 10.4. The fourth-order valence-corrected chi connectivity index (χ4v) is 4.29. The van der Waals surface area contributed by atoms with Gasteiger partial charge in [-0.1, -0.05) is 38.1 Å². The van der Waals surface area contributed by atoms with E-state index in [0.29, 0.717) is 19.6 Å².